The second-order valence-corrected chi connectivity index (χ2v) is 4.21. The van der Waals surface area contributed by atoms with Crippen LogP contribution in [0.2, 0.25) is 0 Å². The van der Waals surface area contributed by atoms with Gasteiger partial charge in [0.2, 0.25) is 0 Å². The fraction of sp³-hybridized carbons (Fsp3) is 1.00. The molecule has 0 aromatic carbocycles. The van der Waals surface area contributed by atoms with Crippen molar-refractivity contribution in [3.05, 3.63) is 0 Å². The minimum absolute atomic E-state index is 0.0165. The minimum atomic E-state index is 0.0165. The molecule has 0 aliphatic carbocycles. The molecule has 0 saturated carbocycles. The van der Waals surface area contributed by atoms with Gasteiger partial charge < -0.3 is 4.74 Å². The lowest BCUT2D eigenvalue weighted by Gasteiger charge is -2.23. The van der Waals surface area contributed by atoms with Gasteiger partial charge in [0.05, 0.1) is 12.3 Å². The Kier molecular flexibility index (Phi) is 2.90. The van der Waals surface area contributed by atoms with Gasteiger partial charge in [-0.05, 0) is 33.6 Å². The Balaban J connectivity index is 2.11. The van der Waals surface area contributed by atoms with Gasteiger partial charge in [-0.3, -0.25) is 4.90 Å². The minimum Gasteiger partial charge on any atom is -0.360 e. The Bertz CT molecular complexity index is 111. The summed E-state index contributed by atoms with van der Waals surface area (Å²) >= 11 is 0. The van der Waals surface area contributed by atoms with Gasteiger partial charge in [0.15, 0.2) is 0 Å². The molecule has 0 atom stereocenters. The summed E-state index contributed by atoms with van der Waals surface area (Å²) in [6.45, 7) is 9.55. The van der Waals surface area contributed by atoms with Crippen LogP contribution in [-0.2, 0) is 4.74 Å². The Labute approximate surface area is 69.5 Å². The third-order valence-corrected chi connectivity index (χ3v) is 1.88. The molecule has 0 aromatic rings. The number of hydrogen-bond acceptors (Lipinski definition) is 2. The Hall–Kier alpha value is -0.0800. The van der Waals surface area contributed by atoms with Crippen molar-refractivity contribution in [1.82, 2.24) is 4.90 Å². The topological polar surface area (TPSA) is 12.5 Å². The van der Waals surface area contributed by atoms with Crippen LogP contribution in [0.4, 0.5) is 0 Å². The van der Waals surface area contributed by atoms with Gasteiger partial charge in [0.1, 0.15) is 0 Å². The highest BCUT2D eigenvalue weighted by Gasteiger charge is 2.15. The van der Waals surface area contributed by atoms with Crippen molar-refractivity contribution in [3.8, 4) is 0 Å². The molecule has 2 heteroatoms. The van der Waals surface area contributed by atoms with Gasteiger partial charge >= 0.3 is 0 Å². The van der Waals surface area contributed by atoms with E-state index in [0.717, 1.165) is 6.73 Å². The third kappa shape index (κ3) is 3.73. The standard InChI is InChI=1S/C9H19NO/c1-9(2,3)11-8-10-6-4-5-7-10/h4-8H2,1-3H3. The molecule has 1 fully saturated rings. The van der Waals surface area contributed by atoms with Crippen molar-refractivity contribution in [3.63, 3.8) is 0 Å². The van der Waals surface area contributed by atoms with Gasteiger partial charge in [-0.25, -0.2) is 0 Å². The van der Waals surface area contributed by atoms with Crippen LogP contribution < -0.4 is 0 Å². The van der Waals surface area contributed by atoms with E-state index in [1.807, 2.05) is 0 Å². The van der Waals surface area contributed by atoms with E-state index < -0.39 is 0 Å². The molecule has 11 heavy (non-hydrogen) atoms. The van der Waals surface area contributed by atoms with Crippen LogP contribution in [0.1, 0.15) is 33.6 Å². The molecule has 0 N–H and O–H groups in total. The second kappa shape index (κ2) is 3.55. The SMILES string of the molecule is CC(C)(C)OCN1CCCC1. The molecule has 1 rings (SSSR count). The van der Waals surface area contributed by atoms with E-state index in [2.05, 4.69) is 25.7 Å². The summed E-state index contributed by atoms with van der Waals surface area (Å²) in [6, 6.07) is 0. The molecule has 0 radical (unpaired) electrons. The molecule has 0 bridgehead atoms. The quantitative estimate of drug-likeness (QED) is 0.606. The predicted molar refractivity (Wildman–Crippen MR) is 46.5 cm³/mol. The maximum Gasteiger partial charge on any atom is 0.0997 e. The van der Waals surface area contributed by atoms with Crippen LogP contribution in [0, 0.1) is 0 Å². The number of ether oxygens (including phenoxy) is 1. The largest absolute Gasteiger partial charge is 0.360 e. The maximum atomic E-state index is 5.64. The van der Waals surface area contributed by atoms with Crippen molar-refractivity contribution in [2.75, 3.05) is 19.8 Å². The number of likely N-dealkylation sites (tertiary alicyclic amines) is 1. The van der Waals surface area contributed by atoms with Crippen LogP contribution in [0.5, 0.6) is 0 Å². The first-order valence-electron chi connectivity index (χ1n) is 4.44. The monoisotopic (exact) mass is 157 g/mol. The Morgan fingerprint density at radius 1 is 1.18 bits per heavy atom. The summed E-state index contributed by atoms with van der Waals surface area (Å²) in [4.78, 5) is 2.37. The van der Waals surface area contributed by atoms with Crippen molar-refractivity contribution < 1.29 is 4.74 Å². The lowest BCUT2D eigenvalue weighted by molar-refractivity contribution is -0.0566. The van der Waals surface area contributed by atoms with Crippen LogP contribution in [0.3, 0.4) is 0 Å². The first kappa shape index (κ1) is 9.01. The third-order valence-electron chi connectivity index (χ3n) is 1.88. The molecule has 0 spiro atoms. The van der Waals surface area contributed by atoms with Crippen molar-refractivity contribution in [2.45, 2.75) is 39.2 Å². The molecule has 0 unspecified atom stereocenters. The smallest absolute Gasteiger partial charge is 0.0997 e. The van der Waals surface area contributed by atoms with E-state index in [1.165, 1.54) is 25.9 Å². The summed E-state index contributed by atoms with van der Waals surface area (Å²) in [5.74, 6) is 0. The molecule has 1 aliphatic heterocycles. The molecular weight excluding hydrogens is 138 g/mol. The van der Waals surface area contributed by atoms with Crippen LogP contribution in [0.25, 0.3) is 0 Å². The normalized spacial score (nSPS) is 21.0. The molecule has 1 heterocycles. The summed E-state index contributed by atoms with van der Waals surface area (Å²) in [5, 5.41) is 0. The highest BCUT2D eigenvalue weighted by Crippen LogP contribution is 2.11. The first-order valence-corrected chi connectivity index (χ1v) is 4.44. The molecule has 1 aliphatic rings. The van der Waals surface area contributed by atoms with E-state index in [0.29, 0.717) is 0 Å². The fourth-order valence-corrected chi connectivity index (χ4v) is 1.20. The molecule has 66 valence electrons. The summed E-state index contributed by atoms with van der Waals surface area (Å²) in [7, 11) is 0. The van der Waals surface area contributed by atoms with Gasteiger partial charge in [0.25, 0.3) is 0 Å². The molecule has 2 nitrogen and oxygen atoms in total. The maximum absolute atomic E-state index is 5.64. The highest BCUT2D eigenvalue weighted by atomic mass is 16.5. The van der Waals surface area contributed by atoms with Gasteiger partial charge in [0, 0.05) is 13.1 Å². The highest BCUT2D eigenvalue weighted by molar-refractivity contribution is 4.64. The van der Waals surface area contributed by atoms with Crippen molar-refractivity contribution >= 4 is 0 Å². The van der Waals surface area contributed by atoms with Gasteiger partial charge in [-0.1, -0.05) is 0 Å². The van der Waals surface area contributed by atoms with Crippen LogP contribution >= 0.6 is 0 Å². The van der Waals surface area contributed by atoms with Crippen molar-refractivity contribution in [1.29, 1.82) is 0 Å². The molecule has 0 amide bonds. The lowest BCUT2D eigenvalue weighted by atomic mass is 10.2. The van der Waals surface area contributed by atoms with Gasteiger partial charge in [-0.2, -0.15) is 0 Å². The van der Waals surface area contributed by atoms with Crippen molar-refractivity contribution in [2.24, 2.45) is 0 Å². The number of nitrogens with zero attached hydrogens (tertiary/aromatic N) is 1. The van der Waals surface area contributed by atoms with E-state index in [4.69, 9.17) is 4.74 Å². The average molecular weight is 157 g/mol. The molecule has 0 aromatic heterocycles. The Morgan fingerprint density at radius 2 is 1.73 bits per heavy atom. The average Bonchev–Trinajstić information content (AvgIpc) is 2.32. The van der Waals surface area contributed by atoms with E-state index in [1.54, 1.807) is 0 Å². The zero-order valence-corrected chi connectivity index (χ0v) is 7.89. The molecule has 1 saturated heterocycles. The summed E-state index contributed by atoms with van der Waals surface area (Å²) in [6.07, 6.45) is 2.68. The fourth-order valence-electron chi connectivity index (χ4n) is 1.20. The van der Waals surface area contributed by atoms with E-state index in [9.17, 15) is 0 Å². The lowest BCUT2D eigenvalue weighted by Crippen LogP contribution is -2.29. The number of rotatable bonds is 2. The van der Waals surface area contributed by atoms with Gasteiger partial charge in [-0.15, -0.1) is 0 Å². The van der Waals surface area contributed by atoms with Crippen LogP contribution in [0.15, 0.2) is 0 Å². The summed E-state index contributed by atoms with van der Waals surface area (Å²) in [5.41, 5.74) is 0.0165. The molecular formula is C9H19NO. The van der Waals surface area contributed by atoms with Crippen LogP contribution in [-0.4, -0.2) is 30.3 Å². The number of hydrogen-bond donors (Lipinski definition) is 0. The summed E-state index contributed by atoms with van der Waals surface area (Å²) < 4.78 is 5.64. The zero-order chi connectivity index (χ0) is 8.32. The second-order valence-electron chi connectivity index (χ2n) is 4.21. The zero-order valence-electron chi connectivity index (χ0n) is 7.89. The Morgan fingerprint density at radius 3 is 2.18 bits per heavy atom. The predicted octanol–water partition coefficient (Wildman–Crippen LogP) is 1.85. The van der Waals surface area contributed by atoms with E-state index >= 15 is 0 Å². The first-order chi connectivity index (χ1) is 5.08. The van der Waals surface area contributed by atoms with E-state index in [-0.39, 0.29) is 5.60 Å².